The molecule has 0 unspecified atom stereocenters. The Labute approximate surface area is 143 Å². The van der Waals surface area contributed by atoms with Crippen molar-refractivity contribution in [2.45, 2.75) is 0 Å². The van der Waals surface area contributed by atoms with E-state index in [1.54, 1.807) is 18.2 Å². The van der Waals surface area contributed by atoms with Crippen LogP contribution in [-0.2, 0) is 0 Å². The van der Waals surface area contributed by atoms with E-state index in [2.05, 4.69) is 41.0 Å². The standard InChI is InChI=1S/C14H11N9O3/c24-13-8-2-1-7(5-9(8)20-21-13)17-11-4-3-10(23(25)26)12(18-11)19-14-15-6-16-22-14/h1-6H,(H2,20,21,24)(H3,15,16,17,18,19,22). The maximum atomic E-state index is 11.5. The van der Waals surface area contributed by atoms with Gasteiger partial charge in [0.2, 0.25) is 11.8 Å². The summed E-state index contributed by atoms with van der Waals surface area (Å²) < 4.78 is 0. The minimum atomic E-state index is -0.550. The Morgan fingerprint density at radius 1 is 1.12 bits per heavy atom. The van der Waals surface area contributed by atoms with Crippen molar-refractivity contribution in [3.05, 3.63) is 57.1 Å². The molecule has 0 atom stereocenters. The molecule has 26 heavy (non-hydrogen) atoms. The van der Waals surface area contributed by atoms with Crippen LogP contribution >= 0.6 is 0 Å². The lowest BCUT2D eigenvalue weighted by molar-refractivity contribution is -0.384. The summed E-state index contributed by atoms with van der Waals surface area (Å²) in [5.74, 6) is 0.604. The third kappa shape index (κ3) is 2.82. The van der Waals surface area contributed by atoms with Crippen molar-refractivity contribution in [2.24, 2.45) is 0 Å². The highest BCUT2D eigenvalue weighted by Gasteiger charge is 2.17. The van der Waals surface area contributed by atoms with Crippen LogP contribution in [0.1, 0.15) is 0 Å². The van der Waals surface area contributed by atoms with Gasteiger partial charge in [-0.05, 0) is 24.3 Å². The van der Waals surface area contributed by atoms with Gasteiger partial charge in [0, 0.05) is 11.8 Å². The number of pyridine rings is 1. The number of nitro groups is 1. The van der Waals surface area contributed by atoms with Crippen molar-refractivity contribution in [3.8, 4) is 0 Å². The van der Waals surface area contributed by atoms with Gasteiger partial charge in [0.05, 0.1) is 15.8 Å². The van der Waals surface area contributed by atoms with E-state index in [1.165, 1.54) is 18.5 Å². The van der Waals surface area contributed by atoms with Crippen LogP contribution in [0, 0.1) is 10.1 Å². The SMILES string of the molecule is O=c1[nH][nH]c2cc(Nc3ccc([N+](=O)[O-])c(Nc4ncn[nH]4)n3)ccc12. The van der Waals surface area contributed by atoms with Crippen LogP contribution < -0.4 is 16.2 Å². The molecule has 0 spiro atoms. The van der Waals surface area contributed by atoms with Gasteiger partial charge in [-0.1, -0.05) is 0 Å². The zero-order valence-electron chi connectivity index (χ0n) is 13.0. The molecule has 0 aliphatic carbocycles. The monoisotopic (exact) mass is 353 g/mol. The number of H-pyrrole nitrogens is 3. The second-order valence-corrected chi connectivity index (χ2v) is 5.24. The molecule has 3 heterocycles. The van der Waals surface area contributed by atoms with Crippen LogP contribution in [0.2, 0.25) is 0 Å². The predicted molar refractivity (Wildman–Crippen MR) is 92.8 cm³/mol. The highest BCUT2D eigenvalue weighted by Crippen LogP contribution is 2.27. The van der Waals surface area contributed by atoms with Crippen molar-refractivity contribution in [1.29, 1.82) is 0 Å². The number of benzene rings is 1. The number of hydrogen-bond donors (Lipinski definition) is 5. The number of rotatable bonds is 5. The Balaban J connectivity index is 1.66. The second kappa shape index (κ2) is 6.01. The molecule has 5 N–H and O–H groups in total. The van der Waals surface area contributed by atoms with E-state index in [-0.39, 0.29) is 23.0 Å². The van der Waals surface area contributed by atoms with E-state index in [4.69, 9.17) is 0 Å². The van der Waals surface area contributed by atoms with E-state index in [9.17, 15) is 14.9 Å². The molecule has 0 saturated carbocycles. The first-order valence-corrected chi connectivity index (χ1v) is 7.35. The normalized spacial score (nSPS) is 10.8. The van der Waals surface area contributed by atoms with Crippen molar-refractivity contribution in [3.63, 3.8) is 0 Å². The molecule has 130 valence electrons. The summed E-state index contributed by atoms with van der Waals surface area (Å²) >= 11 is 0. The molecule has 0 radical (unpaired) electrons. The van der Waals surface area contributed by atoms with E-state index >= 15 is 0 Å². The fourth-order valence-corrected chi connectivity index (χ4v) is 2.40. The van der Waals surface area contributed by atoms with Gasteiger partial charge in [-0.2, -0.15) is 10.1 Å². The van der Waals surface area contributed by atoms with Crippen LogP contribution in [0.3, 0.4) is 0 Å². The van der Waals surface area contributed by atoms with Gasteiger partial charge >= 0.3 is 5.69 Å². The molecule has 4 aromatic rings. The van der Waals surface area contributed by atoms with E-state index in [0.717, 1.165) is 0 Å². The van der Waals surface area contributed by atoms with Crippen molar-refractivity contribution in [1.82, 2.24) is 30.4 Å². The molecule has 0 aliphatic heterocycles. The third-order valence-electron chi connectivity index (χ3n) is 3.57. The number of hydrogen-bond acceptors (Lipinski definition) is 8. The zero-order valence-corrected chi connectivity index (χ0v) is 13.0. The van der Waals surface area contributed by atoms with Gasteiger partial charge < -0.3 is 10.6 Å². The topological polar surface area (TPSA) is 170 Å². The van der Waals surface area contributed by atoms with Gasteiger partial charge in [0.25, 0.3) is 5.56 Å². The first-order valence-electron chi connectivity index (χ1n) is 7.35. The third-order valence-corrected chi connectivity index (χ3v) is 3.57. The average Bonchev–Trinajstić information content (AvgIpc) is 3.25. The molecular formula is C14H11N9O3. The van der Waals surface area contributed by atoms with Crippen LogP contribution in [0.4, 0.5) is 29.0 Å². The molecular weight excluding hydrogens is 342 g/mol. The Morgan fingerprint density at radius 3 is 2.77 bits per heavy atom. The number of fused-ring (bicyclic) bond motifs is 1. The summed E-state index contributed by atoms with van der Waals surface area (Å²) in [5.41, 5.74) is 0.859. The van der Waals surface area contributed by atoms with Crippen molar-refractivity contribution in [2.75, 3.05) is 10.6 Å². The number of aromatic amines is 3. The fourth-order valence-electron chi connectivity index (χ4n) is 2.40. The molecule has 12 nitrogen and oxygen atoms in total. The predicted octanol–water partition coefficient (Wildman–Crippen LogP) is 1.76. The molecule has 0 fully saturated rings. The number of aromatic nitrogens is 6. The molecule has 0 saturated heterocycles. The Bertz CT molecular complexity index is 1150. The summed E-state index contributed by atoms with van der Waals surface area (Å²) in [6.07, 6.45) is 1.27. The largest absolute Gasteiger partial charge is 0.340 e. The van der Waals surface area contributed by atoms with E-state index in [0.29, 0.717) is 22.4 Å². The lowest BCUT2D eigenvalue weighted by atomic mass is 10.2. The van der Waals surface area contributed by atoms with Gasteiger partial charge in [-0.15, -0.1) is 0 Å². The first-order chi connectivity index (χ1) is 12.6. The molecule has 0 bridgehead atoms. The van der Waals surface area contributed by atoms with E-state index < -0.39 is 4.92 Å². The van der Waals surface area contributed by atoms with Crippen LogP contribution in [0.15, 0.2) is 41.5 Å². The van der Waals surface area contributed by atoms with Gasteiger partial charge in [0.15, 0.2) is 0 Å². The van der Waals surface area contributed by atoms with Crippen molar-refractivity contribution < 1.29 is 4.92 Å². The summed E-state index contributed by atoms with van der Waals surface area (Å²) in [5, 5.41) is 28.9. The van der Waals surface area contributed by atoms with E-state index in [1.807, 2.05) is 0 Å². The van der Waals surface area contributed by atoms with Crippen LogP contribution in [0.5, 0.6) is 0 Å². The van der Waals surface area contributed by atoms with Gasteiger partial charge in [-0.25, -0.2) is 10.1 Å². The Kier molecular flexibility index (Phi) is 3.54. The zero-order chi connectivity index (χ0) is 18.1. The summed E-state index contributed by atoms with van der Waals surface area (Å²) in [4.78, 5) is 30.3. The highest BCUT2D eigenvalue weighted by atomic mass is 16.6. The minimum Gasteiger partial charge on any atom is -0.340 e. The summed E-state index contributed by atoms with van der Waals surface area (Å²) in [6.45, 7) is 0. The molecule has 12 heteroatoms. The fraction of sp³-hybridized carbons (Fsp3) is 0. The Hall–Kier alpha value is -4.22. The molecule has 3 aromatic heterocycles. The molecule has 0 aliphatic rings. The molecule has 0 amide bonds. The van der Waals surface area contributed by atoms with Crippen LogP contribution in [-0.4, -0.2) is 35.3 Å². The number of nitrogens with one attached hydrogen (secondary N) is 5. The smallest absolute Gasteiger partial charge is 0.311 e. The molecule has 4 rings (SSSR count). The summed E-state index contributed by atoms with van der Waals surface area (Å²) in [6, 6.07) is 7.89. The van der Waals surface area contributed by atoms with Crippen LogP contribution in [0.25, 0.3) is 10.9 Å². The maximum Gasteiger partial charge on any atom is 0.311 e. The minimum absolute atomic E-state index is 0.00730. The quantitative estimate of drug-likeness (QED) is 0.267. The lowest BCUT2D eigenvalue weighted by Crippen LogP contribution is -2.03. The van der Waals surface area contributed by atoms with Gasteiger partial charge in [0.1, 0.15) is 12.1 Å². The average molecular weight is 353 g/mol. The summed E-state index contributed by atoms with van der Waals surface area (Å²) in [7, 11) is 0. The highest BCUT2D eigenvalue weighted by molar-refractivity contribution is 5.82. The molecule has 1 aromatic carbocycles. The second-order valence-electron chi connectivity index (χ2n) is 5.24. The van der Waals surface area contributed by atoms with Crippen molar-refractivity contribution >= 4 is 39.9 Å². The maximum absolute atomic E-state index is 11.5. The Morgan fingerprint density at radius 2 is 2.00 bits per heavy atom. The lowest BCUT2D eigenvalue weighted by Gasteiger charge is -2.08. The first kappa shape index (κ1) is 15.3. The van der Waals surface area contributed by atoms with Gasteiger partial charge in [-0.3, -0.25) is 25.1 Å². The number of nitrogens with zero attached hydrogens (tertiary/aromatic N) is 4. The number of anilines is 4.